The quantitative estimate of drug-likeness (QED) is 0.811. The van der Waals surface area contributed by atoms with Gasteiger partial charge < -0.3 is 5.32 Å². The summed E-state index contributed by atoms with van der Waals surface area (Å²) in [5, 5.41) is 3.58. The fourth-order valence-electron chi connectivity index (χ4n) is 2.51. The van der Waals surface area contributed by atoms with Gasteiger partial charge in [-0.2, -0.15) is 0 Å². The zero-order chi connectivity index (χ0) is 11.5. The second-order valence-electron chi connectivity index (χ2n) is 4.62. The van der Waals surface area contributed by atoms with E-state index in [2.05, 4.69) is 60.0 Å². The molecule has 0 aromatic heterocycles. The summed E-state index contributed by atoms with van der Waals surface area (Å²) in [7, 11) is 0. The number of hydrogen-bond donors (Lipinski definition) is 1. The Morgan fingerprint density at radius 2 is 2.00 bits per heavy atom. The number of rotatable bonds is 2. The van der Waals surface area contributed by atoms with Crippen LogP contribution < -0.4 is 5.32 Å². The molecule has 17 heavy (non-hydrogen) atoms. The van der Waals surface area contributed by atoms with Gasteiger partial charge >= 0.3 is 0 Å². The van der Waals surface area contributed by atoms with Crippen molar-refractivity contribution in [1.82, 2.24) is 5.32 Å². The standard InChI is InChI=1S/C16H17N/c1-3-7-13(8-4-1)15-11-16(17-12-15)14-9-5-2-6-10-14/h1-5,7-9,11,16-17H,6,10,12H2. The molecule has 0 saturated carbocycles. The highest BCUT2D eigenvalue weighted by Gasteiger charge is 2.19. The maximum absolute atomic E-state index is 3.58. The number of allylic oxidation sites excluding steroid dienone is 3. The van der Waals surface area contributed by atoms with E-state index in [1.54, 1.807) is 0 Å². The average Bonchev–Trinajstić information content (AvgIpc) is 2.90. The highest BCUT2D eigenvalue weighted by atomic mass is 14.9. The van der Waals surface area contributed by atoms with Crippen LogP contribution in [-0.2, 0) is 0 Å². The molecule has 0 spiro atoms. The van der Waals surface area contributed by atoms with Crippen LogP contribution in [0.1, 0.15) is 18.4 Å². The molecule has 1 heterocycles. The molecule has 1 aromatic rings. The van der Waals surface area contributed by atoms with E-state index in [9.17, 15) is 0 Å². The topological polar surface area (TPSA) is 12.0 Å². The predicted molar refractivity (Wildman–Crippen MR) is 72.7 cm³/mol. The Balaban J connectivity index is 1.81. The lowest BCUT2D eigenvalue weighted by molar-refractivity contribution is 0.710. The molecule has 0 radical (unpaired) electrons. The molecule has 1 aromatic carbocycles. The van der Waals surface area contributed by atoms with Crippen LogP contribution in [0, 0.1) is 0 Å². The van der Waals surface area contributed by atoms with E-state index < -0.39 is 0 Å². The lowest BCUT2D eigenvalue weighted by atomic mass is 9.97. The van der Waals surface area contributed by atoms with Crippen molar-refractivity contribution < 1.29 is 0 Å². The largest absolute Gasteiger partial charge is 0.303 e. The smallest absolute Gasteiger partial charge is 0.0477 e. The van der Waals surface area contributed by atoms with Crippen LogP contribution in [0.5, 0.6) is 0 Å². The Labute approximate surface area is 103 Å². The zero-order valence-electron chi connectivity index (χ0n) is 9.89. The molecule has 86 valence electrons. The van der Waals surface area contributed by atoms with Crippen molar-refractivity contribution in [2.24, 2.45) is 0 Å². The third-order valence-electron chi connectivity index (χ3n) is 3.47. The molecule has 0 bridgehead atoms. The van der Waals surface area contributed by atoms with Gasteiger partial charge in [-0.3, -0.25) is 0 Å². The molecule has 1 heteroatoms. The van der Waals surface area contributed by atoms with E-state index in [1.807, 2.05) is 0 Å². The first-order valence-electron chi connectivity index (χ1n) is 6.28. The van der Waals surface area contributed by atoms with Gasteiger partial charge in [0.15, 0.2) is 0 Å². The van der Waals surface area contributed by atoms with Crippen molar-refractivity contribution in [3.63, 3.8) is 0 Å². The minimum Gasteiger partial charge on any atom is -0.303 e. The maximum atomic E-state index is 3.58. The van der Waals surface area contributed by atoms with Crippen molar-refractivity contribution in [3.05, 3.63) is 65.8 Å². The molecule has 1 aliphatic carbocycles. The second-order valence-corrected chi connectivity index (χ2v) is 4.62. The molecule has 1 aliphatic heterocycles. The van der Waals surface area contributed by atoms with Gasteiger partial charge in [-0.1, -0.05) is 54.6 Å². The Morgan fingerprint density at radius 1 is 1.12 bits per heavy atom. The van der Waals surface area contributed by atoms with Crippen LogP contribution in [0.25, 0.3) is 5.57 Å². The summed E-state index contributed by atoms with van der Waals surface area (Å²) in [6.45, 7) is 0.982. The lowest BCUT2D eigenvalue weighted by Crippen LogP contribution is -2.24. The van der Waals surface area contributed by atoms with Crippen LogP contribution in [0.15, 0.2) is 60.2 Å². The zero-order valence-corrected chi connectivity index (χ0v) is 9.89. The van der Waals surface area contributed by atoms with E-state index in [0.717, 1.165) is 6.54 Å². The Kier molecular flexibility index (Phi) is 2.93. The fourth-order valence-corrected chi connectivity index (χ4v) is 2.51. The van der Waals surface area contributed by atoms with Crippen molar-refractivity contribution in [2.45, 2.75) is 18.9 Å². The van der Waals surface area contributed by atoms with Gasteiger partial charge in [-0.15, -0.1) is 0 Å². The van der Waals surface area contributed by atoms with Crippen LogP contribution in [-0.4, -0.2) is 12.6 Å². The summed E-state index contributed by atoms with van der Waals surface area (Å²) in [6, 6.07) is 11.1. The summed E-state index contributed by atoms with van der Waals surface area (Å²) >= 11 is 0. The summed E-state index contributed by atoms with van der Waals surface area (Å²) in [5.74, 6) is 0. The predicted octanol–water partition coefficient (Wildman–Crippen LogP) is 3.32. The monoisotopic (exact) mass is 223 g/mol. The van der Waals surface area contributed by atoms with E-state index in [0.29, 0.717) is 6.04 Å². The van der Waals surface area contributed by atoms with Gasteiger partial charge in [0.05, 0.1) is 0 Å². The van der Waals surface area contributed by atoms with E-state index >= 15 is 0 Å². The molecule has 0 amide bonds. The van der Waals surface area contributed by atoms with E-state index in [1.165, 1.54) is 29.6 Å². The van der Waals surface area contributed by atoms with E-state index in [-0.39, 0.29) is 0 Å². The molecule has 1 N–H and O–H groups in total. The minimum atomic E-state index is 0.440. The van der Waals surface area contributed by atoms with Gasteiger partial charge in [0.1, 0.15) is 0 Å². The molecular formula is C16H17N. The van der Waals surface area contributed by atoms with Crippen LogP contribution in [0.2, 0.25) is 0 Å². The molecule has 1 nitrogen and oxygen atoms in total. The normalized spacial score (nSPS) is 23.4. The molecule has 1 unspecified atom stereocenters. The molecular weight excluding hydrogens is 206 g/mol. The van der Waals surface area contributed by atoms with Gasteiger partial charge in [0.2, 0.25) is 0 Å². The number of benzene rings is 1. The molecule has 2 aliphatic rings. The van der Waals surface area contributed by atoms with Crippen LogP contribution >= 0.6 is 0 Å². The Morgan fingerprint density at radius 3 is 2.76 bits per heavy atom. The third-order valence-corrected chi connectivity index (χ3v) is 3.47. The third kappa shape index (κ3) is 2.25. The van der Waals surface area contributed by atoms with Gasteiger partial charge in [-0.05, 0) is 29.6 Å². The van der Waals surface area contributed by atoms with Gasteiger partial charge in [-0.25, -0.2) is 0 Å². The second kappa shape index (κ2) is 4.72. The average molecular weight is 223 g/mol. The number of hydrogen-bond acceptors (Lipinski definition) is 1. The first-order valence-corrected chi connectivity index (χ1v) is 6.28. The van der Waals surface area contributed by atoms with Crippen molar-refractivity contribution in [1.29, 1.82) is 0 Å². The summed E-state index contributed by atoms with van der Waals surface area (Å²) in [5.41, 5.74) is 4.28. The van der Waals surface area contributed by atoms with Gasteiger partial charge in [0.25, 0.3) is 0 Å². The Hall–Kier alpha value is -1.60. The molecule has 1 atom stereocenters. The van der Waals surface area contributed by atoms with Crippen molar-refractivity contribution in [2.75, 3.05) is 6.54 Å². The Bertz CT molecular complexity index is 480. The maximum Gasteiger partial charge on any atom is 0.0477 e. The summed E-state index contributed by atoms with van der Waals surface area (Å²) in [6.07, 6.45) is 11.4. The van der Waals surface area contributed by atoms with Crippen molar-refractivity contribution >= 4 is 5.57 Å². The van der Waals surface area contributed by atoms with Gasteiger partial charge in [0, 0.05) is 12.6 Å². The fraction of sp³-hybridized carbons (Fsp3) is 0.250. The van der Waals surface area contributed by atoms with E-state index in [4.69, 9.17) is 0 Å². The first kappa shape index (κ1) is 10.5. The highest BCUT2D eigenvalue weighted by Crippen LogP contribution is 2.25. The summed E-state index contributed by atoms with van der Waals surface area (Å²) < 4.78 is 0. The molecule has 3 rings (SSSR count). The molecule has 0 fully saturated rings. The lowest BCUT2D eigenvalue weighted by Gasteiger charge is -2.14. The van der Waals surface area contributed by atoms with Crippen LogP contribution in [0.3, 0.4) is 0 Å². The van der Waals surface area contributed by atoms with Crippen molar-refractivity contribution in [3.8, 4) is 0 Å². The van der Waals surface area contributed by atoms with Crippen LogP contribution in [0.4, 0.5) is 0 Å². The SMILES string of the molecule is C1=CCCC(C2C=C(c3ccccc3)CN2)=C1. The minimum absolute atomic E-state index is 0.440. The molecule has 0 saturated heterocycles. The summed E-state index contributed by atoms with van der Waals surface area (Å²) in [4.78, 5) is 0. The highest BCUT2D eigenvalue weighted by molar-refractivity contribution is 5.70. The first-order chi connectivity index (χ1) is 8.43. The number of nitrogens with one attached hydrogen (secondary N) is 1.